The monoisotopic (exact) mass is 275 g/mol. The number of hydrogen-bond donors (Lipinski definition) is 0. The number of rotatable bonds is 5. The zero-order valence-electron chi connectivity index (χ0n) is 10.9. The third kappa shape index (κ3) is 1.89. The zero-order valence-corrected chi connectivity index (χ0v) is 10.9. The van der Waals surface area contributed by atoms with Crippen molar-refractivity contribution in [2.45, 2.75) is 18.9 Å². The van der Waals surface area contributed by atoms with Crippen molar-refractivity contribution in [2.75, 3.05) is 6.61 Å². The normalized spacial score (nSPS) is 16.4. The van der Waals surface area contributed by atoms with Crippen LogP contribution in [0.1, 0.15) is 34.1 Å². The molecule has 1 aliphatic carbocycles. The minimum Gasteiger partial charge on any atom is -0.502 e. The van der Waals surface area contributed by atoms with E-state index in [2.05, 4.69) is 0 Å². The van der Waals surface area contributed by atoms with Gasteiger partial charge in [0.25, 0.3) is 0 Å². The number of ketones is 2. The highest BCUT2D eigenvalue weighted by atomic mass is 16.6. The topological polar surface area (TPSA) is 86.5 Å². The molecule has 6 heteroatoms. The van der Waals surface area contributed by atoms with Crippen LogP contribution in [0, 0.1) is 10.1 Å². The average Bonchev–Trinajstić information content (AvgIpc) is 2.66. The van der Waals surface area contributed by atoms with Gasteiger partial charge in [-0.25, -0.2) is 0 Å². The van der Waals surface area contributed by atoms with Crippen molar-refractivity contribution in [3.63, 3.8) is 0 Å². The predicted molar refractivity (Wildman–Crippen MR) is 70.2 cm³/mol. The second-order valence-corrected chi connectivity index (χ2v) is 4.35. The van der Waals surface area contributed by atoms with Crippen LogP contribution in [0.25, 0.3) is 0 Å². The Morgan fingerprint density at radius 3 is 2.25 bits per heavy atom. The molecule has 1 aromatic rings. The Bertz CT molecular complexity index is 570. The molecule has 0 N–H and O–H groups in total. The molecule has 0 aromatic heterocycles. The summed E-state index contributed by atoms with van der Waals surface area (Å²) in [6.07, 6.45) is 2.30. The molecular weight excluding hydrogens is 262 g/mol. The number of carbonyl (C=O) groups excluding carboxylic acids is 2. The van der Waals surface area contributed by atoms with Crippen molar-refractivity contribution >= 4 is 11.6 Å². The van der Waals surface area contributed by atoms with Crippen molar-refractivity contribution in [3.8, 4) is 0 Å². The second-order valence-electron chi connectivity index (χ2n) is 4.35. The highest BCUT2D eigenvalue weighted by Crippen LogP contribution is 2.35. The third-order valence-electron chi connectivity index (χ3n) is 3.25. The molecule has 104 valence electrons. The molecule has 2 rings (SSSR count). The molecule has 6 nitrogen and oxygen atoms in total. The van der Waals surface area contributed by atoms with Gasteiger partial charge in [-0.1, -0.05) is 24.3 Å². The van der Waals surface area contributed by atoms with Gasteiger partial charge >= 0.3 is 5.54 Å². The maximum atomic E-state index is 12.3. The van der Waals surface area contributed by atoms with Crippen LogP contribution in [0.5, 0.6) is 0 Å². The zero-order chi connectivity index (χ0) is 14.8. The van der Waals surface area contributed by atoms with E-state index in [1.54, 1.807) is 19.1 Å². The summed E-state index contributed by atoms with van der Waals surface area (Å²) in [5.74, 6) is -1.52. The highest BCUT2D eigenvalue weighted by molar-refractivity contribution is 6.31. The molecule has 0 saturated carbocycles. The molecule has 1 aromatic carbocycles. The molecule has 0 fully saturated rings. The van der Waals surface area contributed by atoms with Crippen molar-refractivity contribution in [1.29, 1.82) is 0 Å². The van der Waals surface area contributed by atoms with E-state index in [-0.39, 0.29) is 17.5 Å². The minimum absolute atomic E-state index is 0.110. The summed E-state index contributed by atoms with van der Waals surface area (Å²) < 4.78 is 4.94. The standard InChI is InChI=1S/C14H13NO5/c1-2-20-9-5-8-14(15(18)19)12(16)10-6-3-4-7-11(10)13(14)17/h3-7,9H,2,8H2,1H3/b9-5+. The number of nitrogens with zero attached hydrogens (tertiary/aromatic N) is 1. The largest absolute Gasteiger partial charge is 0.502 e. The fraction of sp³-hybridized carbons (Fsp3) is 0.286. The first-order chi connectivity index (χ1) is 9.55. The molecule has 0 heterocycles. The van der Waals surface area contributed by atoms with Crippen LogP contribution >= 0.6 is 0 Å². The Morgan fingerprint density at radius 1 is 1.25 bits per heavy atom. The molecule has 20 heavy (non-hydrogen) atoms. The first-order valence-corrected chi connectivity index (χ1v) is 6.15. The fourth-order valence-electron chi connectivity index (χ4n) is 2.24. The molecule has 1 aliphatic rings. The van der Waals surface area contributed by atoms with Crippen LogP contribution in [0.4, 0.5) is 0 Å². The lowest BCUT2D eigenvalue weighted by Gasteiger charge is -2.14. The van der Waals surface area contributed by atoms with Crippen molar-refractivity contribution in [1.82, 2.24) is 0 Å². The maximum Gasteiger partial charge on any atom is 0.348 e. The van der Waals surface area contributed by atoms with E-state index in [4.69, 9.17) is 4.74 Å². The van der Waals surface area contributed by atoms with Gasteiger partial charge in [-0.05, 0) is 13.0 Å². The summed E-state index contributed by atoms with van der Waals surface area (Å²) in [6.45, 7) is 2.17. The Morgan fingerprint density at radius 2 is 1.80 bits per heavy atom. The lowest BCUT2D eigenvalue weighted by Crippen LogP contribution is -2.48. The van der Waals surface area contributed by atoms with Crippen molar-refractivity contribution in [2.24, 2.45) is 0 Å². The van der Waals surface area contributed by atoms with Gasteiger partial charge in [0, 0.05) is 16.1 Å². The summed E-state index contributed by atoms with van der Waals surface area (Å²) in [5.41, 5.74) is -2.03. The van der Waals surface area contributed by atoms with E-state index >= 15 is 0 Å². The lowest BCUT2D eigenvalue weighted by atomic mass is 9.90. The van der Waals surface area contributed by atoms with Crippen LogP contribution in [0.15, 0.2) is 36.6 Å². The number of fused-ring (bicyclic) bond motifs is 1. The minimum atomic E-state index is -2.25. The molecule has 0 saturated heterocycles. The smallest absolute Gasteiger partial charge is 0.348 e. The van der Waals surface area contributed by atoms with Gasteiger partial charge < -0.3 is 4.74 Å². The number of hydrogen-bond acceptors (Lipinski definition) is 5. The fourth-order valence-corrected chi connectivity index (χ4v) is 2.24. The Hall–Kier alpha value is -2.50. The quantitative estimate of drug-likeness (QED) is 0.355. The molecule has 0 spiro atoms. The van der Waals surface area contributed by atoms with Crippen LogP contribution in [-0.4, -0.2) is 28.6 Å². The molecule has 0 amide bonds. The molecule has 0 bridgehead atoms. The highest BCUT2D eigenvalue weighted by Gasteiger charge is 2.62. The van der Waals surface area contributed by atoms with E-state index in [9.17, 15) is 19.7 Å². The van der Waals surface area contributed by atoms with E-state index in [0.717, 1.165) is 0 Å². The van der Waals surface area contributed by atoms with Crippen molar-refractivity contribution < 1.29 is 19.2 Å². The van der Waals surface area contributed by atoms with E-state index in [1.807, 2.05) is 0 Å². The summed E-state index contributed by atoms with van der Waals surface area (Å²) >= 11 is 0. The number of Topliss-reactive ketones (excluding diaryl/α,β-unsaturated/α-hetero) is 2. The number of ether oxygens (including phenoxy) is 1. The number of benzene rings is 1. The summed E-state index contributed by atoms with van der Waals surface area (Å²) in [7, 11) is 0. The molecule has 0 unspecified atom stereocenters. The predicted octanol–water partition coefficient (Wildman–Crippen LogP) is 2.02. The van der Waals surface area contributed by atoms with Gasteiger partial charge in [0.05, 0.1) is 19.3 Å². The first kappa shape index (κ1) is 13.9. The van der Waals surface area contributed by atoms with Gasteiger partial charge in [0.2, 0.25) is 11.6 Å². The van der Waals surface area contributed by atoms with Gasteiger partial charge in [-0.15, -0.1) is 0 Å². The van der Waals surface area contributed by atoms with E-state index in [0.29, 0.717) is 6.61 Å². The third-order valence-corrected chi connectivity index (χ3v) is 3.25. The maximum absolute atomic E-state index is 12.3. The first-order valence-electron chi connectivity index (χ1n) is 6.15. The van der Waals surface area contributed by atoms with Gasteiger partial charge in [-0.2, -0.15) is 0 Å². The van der Waals surface area contributed by atoms with Crippen LogP contribution < -0.4 is 0 Å². The average molecular weight is 275 g/mol. The SMILES string of the molecule is CCO/C=C/CC1([N+](=O)[O-])C(=O)c2ccccc2C1=O. The molecule has 0 aliphatic heterocycles. The summed E-state index contributed by atoms with van der Waals surface area (Å²) in [4.78, 5) is 35.2. The number of nitro groups is 1. The van der Waals surface area contributed by atoms with Crippen molar-refractivity contribution in [3.05, 3.63) is 57.8 Å². The van der Waals surface area contributed by atoms with Crippen LogP contribution in [-0.2, 0) is 4.74 Å². The summed E-state index contributed by atoms with van der Waals surface area (Å²) in [6, 6.07) is 6.03. The van der Waals surface area contributed by atoms with Gasteiger partial charge in [0.1, 0.15) is 0 Å². The van der Waals surface area contributed by atoms with Gasteiger partial charge in [0.15, 0.2) is 0 Å². The van der Waals surface area contributed by atoms with E-state index in [1.165, 1.54) is 24.5 Å². The Kier molecular flexibility index (Phi) is 3.65. The van der Waals surface area contributed by atoms with Crippen LogP contribution in [0.2, 0.25) is 0 Å². The Labute approximate surface area is 115 Å². The number of carbonyl (C=O) groups is 2. The van der Waals surface area contributed by atoms with Crippen LogP contribution in [0.3, 0.4) is 0 Å². The molecular formula is C14H13NO5. The molecule has 0 atom stereocenters. The Balaban J connectivity index is 2.43. The van der Waals surface area contributed by atoms with E-state index < -0.39 is 22.0 Å². The lowest BCUT2D eigenvalue weighted by molar-refractivity contribution is -0.529. The molecule has 0 radical (unpaired) electrons. The second kappa shape index (κ2) is 5.24. The summed E-state index contributed by atoms with van der Waals surface area (Å²) in [5, 5.41) is 11.4. The van der Waals surface area contributed by atoms with Gasteiger partial charge in [-0.3, -0.25) is 19.7 Å².